The van der Waals surface area contributed by atoms with Crippen LogP contribution in [0.2, 0.25) is 0 Å². The van der Waals surface area contributed by atoms with Crippen molar-refractivity contribution in [1.29, 1.82) is 0 Å². The van der Waals surface area contributed by atoms with Crippen molar-refractivity contribution in [2.45, 2.75) is 0 Å². The molecule has 0 aliphatic rings. The number of carbonyl (C=O) groups is 2. The summed E-state index contributed by atoms with van der Waals surface area (Å²) in [5.74, 6) is -2.16. The van der Waals surface area contributed by atoms with Crippen LogP contribution in [0.4, 0.5) is 5.69 Å². The van der Waals surface area contributed by atoms with Crippen LogP contribution >= 0.6 is 0 Å². The number of anilines is 1. The van der Waals surface area contributed by atoms with E-state index in [1.54, 1.807) is 12.1 Å². The summed E-state index contributed by atoms with van der Waals surface area (Å²) in [4.78, 5) is 23.4. The lowest BCUT2D eigenvalue weighted by Gasteiger charge is -2.09. The van der Waals surface area contributed by atoms with Gasteiger partial charge in [0.25, 0.3) is 5.91 Å². The number of hydrogen-bond donors (Lipinski definition) is 3. The molecule has 0 saturated heterocycles. The van der Waals surface area contributed by atoms with Gasteiger partial charge < -0.3 is 15.5 Å². The summed E-state index contributed by atoms with van der Waals surface area (Å²) >= 11 is 0. The molecule has 0 fully saturated rings. The van der Waals surface area contributed by atoms with Gasteiger partial charge in [-0.05, 0) is 35.4 Å². The highest BCUT2D eigenvalue weighted by Crippen LogP contribution is 2.28. The molecule has 124 valence electrons. The molecule has 0 radical (unpaired) electrons. The van der Waals surface area contributed by atoms with Crippen LogP contribution in [-0.4, -0.2) is 22.1 Å². The second-order valence-electron chi connectivity index (χ2n) is 5.40. The number of phenols is 1. The normalized spacial score (nSPS) is 10.2. The predicted octanol–water partition coefficient (Wildman–Crippen LogP) is 4.01. The molecule has 0 aliphatic carbocycles. The summed E-state index contributed by atoms with van der Waals surface area (Å²) in [6.07, 6.45) is 0. The van der Waals surface area contributed by atoms with Crippen LogP contribution in [0.5, 0.6) is 5.75 Å². The molecular formula is C20H15NO4. The topological polar surface area (TPSA) is 86.6 Å². The standard InChI is InChI=1S/C20H15NO4/c22-18-16(20(24)25)7-4-8-17(18)21-19(23)15-11-9-14(10-12-15)13-5-2-1-3-6-13/h1-12,22H,(H,21,23)(H,24,25). The van der Waals surface area contributed by atoms with Gasteiger partial charge in [-0.15, -0.1) is 0 Å². The van der Waals surface area contributed by atoms with E-state index in [2.05, 4.69) is 5.32 Å². The molecule has 3 N–H and O–H groups in total. The van der Waals surface area contributed by atoms with E-state index in [0.29, 0.717) is 5.56 Å². The molecule has 3 aromatic carbocycles. The summed E-state index contributed by atoms with van der Waals surface area (Å²) in [5.41, 5.74) is 2.21. The minimum atomic E-state index is -1.26. The Hall–Kier alpha value is -3.60. The number of carbonyl (C=O) groups excluding carboxylic acids is 1. The maximum absolute atomic E-state index is 12.3. The minimum Gasteiger partial charge on any atom is -0.505 e. The van der Waals surface area contributed by atoms with Gasteiger partial charge in [0.05, 0.1) is 5.69 Å². The number of aromatic hydroxyl groups is 1. The fourth-order valence-corrected chi connectivity index (χ4v) is 2.46. The predicted molar refractivity (Wildman–Crippen MR) is 94.9 cm³/mol. The lowest BCUT2D eigenvalue weighted by molar-refractivity contribution is 0.0693. The van der Waals surface area contributed by atoms with Gasteiger partial charge >= 0.3 is 5.97 Å². The van der Waals surface area contributed by atoms with Gasteiger partial charge in [-0.1, -0.05) is 48.5 Å². The highest BCUT2D eigenvalue weighted by Gasteiger charge is 2.15. The van der Waals surface area contributed by atoms with Crippen LogP contribution in [0, 0.1) is 0 Å². The summed E-state index contributed by atoms with van der Waals surface area (Å²) < 4.78 is 0. The van der Waals surface area contributed by atoms with Crippen molar-refractivity contribution in [1.82, 2.24) is 0 Å². The zero-order chi connectivity index (χ0) is 17.8. The second kappa shape index (κ2) is 6.88. The average molecular weight is 333 g/mol. The quantitative estimate of drug-likeness (QED) is 0.630. The smallest absolute Gasteiger partial charge is 0.339 e. The first-order valence-corrected chi connectivity index (χ1v) is 7.58. The zero-order valence-corrected chi connectivity index (χ0v) is 13.1. The van der Waals surface area contributed by atoms with Crippen LogP contribution in [0.1, 0.15) is 20.7 Å². The summed E-state index contributed by atoms with van der Waals surface area (Å²) in [7, 11) is 0. The molecule has 5 heteroatoms. The Morgan fingerprint density at radius 2 is 1.40 bits per heavy atom. The van der Waals surface area contributed by atoms with Gasteiger partial charge in [0.15, 0.2) is 5.75 Å². The lowest BCUT2D eigenvalue weighted by atomic mass is 10.0. The number of nitrogens with one attached hydrogen (secondary N) is 1. The number of amides is 1. The molecule has 1 amide bonds. The molecule has 0 aliphatic heterocycles. The number of rotatable bonds is 4. The van der Waals surface area contributed by atoms with E-state index in [4.69, 9.17) is 5.11 Å². The van der Waals surface area contributed by atoms with Crippen molar-refractivity contribution in [2.24, 2.45) is 0 Å². The van der Waals surface area contributed by atoms with Crippen molar-refractivity contribution < 1.29 is 19.8 Å². The summed E-state index contributed by atoms with van der Waals surface area (Å²) in [6.45, 7) is 0. The molecule has 0 bridgehead atoms. The Labute approximate surface area is 144 Å². The number of hydrogen-bond acceptors (Lipinski definition) is 3. The Bertz CT molecular complexity index is 918. The molecule has 0 unspecified atom stereocenters. The summed E-state index contributed by atoms with van der Waals surface area (Å²) in [6, 6.07) is 20.9. The van der Waals surface area contributed by atoms with E-state index in [9.17, 15) is 14.7 Å². The van der Waals surface area contributed by atoms with Gasteiger partial charge in [0.2, 0.25) is 0 Å². The van der Waals surface area contributed by atoms with E-state index in [1.807, 2.05) is 42.5 Å². The van der Waals surface area contributed by atoms with Crippen molar-refractivity contribution >= 4 is 17.6 Å². The second-order valence-corrected chi connectivity index (χ2v) is 5.40. The Balaban J connectivity index is 1.80. The molecule has 5 nitrogen and oxygen atoms in total. The third-order valence-corrected chi connectivity index (χ3v) is 3.77. The van der Waals surface area contributed by atoms with Crippen LogP contribution in [0.15, 0.2) is 72.8 Å². The lowest BCUT2D eigenvalue weighted by Crippen LogP contribution is -2.12. The van der Waals surface area contributed by atoms with E-state index in [-0.39, 0.29) is 11.3 Å². The molecule has 0 aromatic heterocycles. The van der Waals surface area contributed by atoms with E-state index >= 15 is 0 Å². The highest BCUT2D eigenvalue weighted by molar-refractivity contribution is 6.06. The first-order valence-electron chi connectivity index (χ1n) is 7.58. The van der Waals surface area contributed by atoms with Crippen molar-refractivity contribution in [2.75, 3.05) is 5.32 Å². The van der Waals surface area contributed by atoms with E-state index < -0.39 is 17.6 Å². The first kappa shape index (κ1) is 16.3. The van der Waals surface area contributed by atoms with Gasteiger partial charge in [-0.25, -0.2) is 4.79 Å². The number of aromatic carboxylic acids is 1. The molecule has 0 atom stereocenters. The molecule has 3 aromatic rings. The Morgan fingerprint density at radius 1 is 0.760 bits per heavy atom. The van der Waals surface area contributed by atoms with Crippen LogP contribution < -0.4 is 5.32 Å². The monoisotopic (exact) mass is 333 g/mol. The van der Waals surface area contributed by atoms with Crippen LogP contribution in [-0.2, 0) is 0 Å². The molecule has 0 saturated carbocycles. The third-order valence-electron chi connectivity index (χ3n) is 3.77. The SMILES string of the molecule is O=C(Nc1cccc(C(=O)O)c1O)c1ccc(-c2ccccc2)cc1. The van der Waals surface area contributed by atoms with Gasteiger partial charge in [0, 0.05) is 5.56 Å². The minimum absolute atomic E-state index is 0.0528. The van der Waals surface area contributed by atoms with Crippen LogP contribution in [0.3, 0.4) is 0 Å². The van der Waals surface area contributed by atoms with Crippen molar-refractivity contribution in [3.8, 4) is 16.9 Å². The largest absolute Gasteiger partial charge is 0.505 e. The molecule has 0 heterocycles. The molecule has 0 spiro atoms. The maximum Gasteiger partial charge on any atom is 0.339 e. The van der Waals surface area contributed by atoms with Gasteiger partial charge in [0.1, 0.15) is 5.56 Å². The number of benzene rings is 3. The fourth-order valence-electron chi connectivity index (χ4n) is 2.46. The van der Waals surface area contributed by atoms with Crippen molar-refractivity contribution in [3.63, 3.8) is 0 Å². The van der Waals surface area contributed by atoms with Crippen molar-refractivity contribution in [3.05, 3.63) is 83.9 Å². The third kappa shape index (κ3) is 3.50. The summed E-state index contributed by atoms with van der Waals surface area (Å²) in [5, 5.41) is 21.5. The first-order chi connectivity index (χ1) is 12.1. The van der Waals surface area contributed by atoms with Gasteiger partial charge in [-0.3, -0.25) is 4.79 Å². The number of carboxylic acids is 1. The molecule has 25 heavy (non-hydrogen) atoms. The highest BCUT2D eigenvalue weighted by atomic mass is 16.4. The molecular weight excluding hydrogens is 318 g/mol. The Kier molecular flexibility index (Phi) is 4.48. The maximum atomic E-state index is 12.3. The zero-order valence-electron chi connectivity index (χ0n) is 13.1. The van der Waals surface area contributed by atoms with E-state index in [1.165, 1.54) is 18.2 Å². The number of carboxylic acid groups (broad SMARTS) is 1. The fraction of sp³-hybridized carbons (Fsp3) is 0. The Morgan fingerprint density at radius 3 is 2.04 bits per heavy atom. The van der Waals surface area contributed by atoms with Crippen LogP contribution in [0.25, 0.3) is 11.1 Å². The average Bonchev–Trinajstić information content (AvgIpc) is 2.64. The van der Waals surface area contributed by atoms with E-state index in [0.717, 1.165) is 11.1 Å². The molecule has 3 rings (SSSR count). The number of para-hydroxylation sites is 1. The van der Waals surface area contributed by atoms with Gasteiger partial charge in [-0.2, -0.15) is 0 Å².